The highest BCUT2D eigenvalue weighted by Crippen LogP contribution is 2.28. The largest absolute Gasteiger partial charge is 0.495 e. The van der Waals surface area contributed by atoms with Crippen molar-refractivity contribution in [3.05, 3.63) is 23.2 Å². The van der Waals surface area contributed by atoms with Gasteiger partial charge in [0, 0.05) is 36.1 Å². The Hall–Kier alpha value is -0.880. The fourth-order valence-corrected chi connectivity index (χ4v) is 3.78. The molecule has 2 bridgehead atoms. The average Bonchev–Trinajstić information content (AvgIpc) is 2.86. The number of carbonyl (C=O) groups excluding carboxylic acids is 1. The fraction of sp³-hybridized carbons (Fsp3) is 0.588. The lowest BCUT2D eigenvalue weighted by Crippen LogP contribution is -2.48. The molecule has 3 rings (SSSR count). The molecule has 2 aliphatic rings. The SMILES string of the molecule is COc1ccc(Cl)cc1NCCC(=O)NC1CC2CCC(C1)N2.Cl.Cl. The van der Waals surface area contributed by atoms with Crippen LogP contribution in [0.15, 0.2) is 18.2 Å². The third-order valence-corrected chi connectivity index (χ3v) is 4.90. The van der Waals surface area contributed by atoms with Gasteiger partial charge in [-0.25, -0.2) is 0 Å². The van der Waals surface area contributed by atoms with Crippen LogP contribution in [0.5, 0.6) is 5.75 Å². The molecule has 25 heavy (non-hydrogen) atoms. The number of anilines is 1. The van der Waals surface area contributed by atoms with Crippen LogP contribution in [0.3, 0.4) is 0 Å². The van der Waals surface area contributed by atoms with E-state index < -0.39 is 0 Å². The van der Waals surface area contributed by atoms with Crippen molar-refractivity contribution in [2.24, 2.45) is 0 Å². The van der Waals surface area contributed by atoms with Crippen LogP contribution in [0.1, 0.15) is 32.1 Å². The van der Waals surface area contributed by atoms with Gasteiger partial charge in [-0.15, -0.1) is 24.8 Å². The molecule has 2 fully saturated rings. The number of halogens is 3. The highest BCUT2D eigenvalue weighted by Gasteiger charge is 2.33. The minimum atomic E-state index is 0. The normalized spacial score (nSPS) is 23.8. The standard InChI is InChI=1S/C17H24ClN3O2.2ClH/c1-23-16-5-2-11(18)8-15(16)19-7-6-17(22)21-14-9-12-3-4-13(10-14)20-12;;/h2,5,8,12-14,19-20H,3-4,6-7,9-10H2,1H3,(H,21,22);2*1H. The number of amides is 1. The minimum absolute atomic E-state index is 0. The molecule has 0 saturated carbocycles. The molecule has 1 amide bonds. The number of methoxy groups -OCH3 is 1. The summed E-state index contributed by atoms with van der Waals surface area (Å²) in [5.41, 5.74) is 0.813. The Morgan fingerprint density at radius 3 is 2.60 bits per heavy atom. The van der Waals surface area contributed by atoms with E-state index in [4.69, 9.17) is 16.3 Å². The maximum Gasteiger partial charge on any atom is 0.221 e. The van der Waals surface area contributed by atoms with Gasteiger partial charge in [0.1, 0.15) is 5.75 Å². The summed E-state index contributed by atoms with van der Waals surface area (Å²) in [5, 5.41) is 10.6. The molecule has 3 N–H and O–H groups in total. The Kier molecular flexibility index (Phi) is 9.14. The van der Waals surface area contributed by atoms with E-state index in [2.05, 4.69) is 16.0 Å². The second-order valence-electron chi connectivity index (χ2n) is 6.40. The van der Waals surface area contributed by atoms with Crippen LogP contribution < -0.4 is 20.7 Å². The third-order valence-electron chi connectivity index (χ3n) is 4.67. The topological polar surface area (TPSA) is 62.4 Å². The number of piperidine rings is 1. The Bertz CT molecular complexity index is 562. The van der Waals surface area contributed by atoms with Crippen LogP contribution >= 0.6 is 36.4 Å². The number of hydrogen-bond acceptors (Lipinski definition) is 4. The van der Waals surface area contributed by atoms with Crippen LogP contribution in [0, 0.1) is 0 Å². The zero-order valence-corrected chi connectivity index (χ0v) is 16.6. The molecule has 8 heteroatoms. The number of carbonyl (C=O) groups is 1. The highest BCUT2D eigenvalue weighted by molar-refractivity contribution is 6.30. The first-order valence-corrected chi connectivity index (χ1v) is 8.64. The van der Waals surface area contributed by atoms with Gasteiger partial charge < -0.3 is 20.7 Å². The van der Waals surface area contributed by atoms with Crippen molar-refractivity contribution < 1.29 is 9.53 Å². The van der Waals surface area contributed by atoms with E-state index in [1.54, 1.807) is 13.2 Å². The van der Waals surface area contributed by atoms with Gasteiger partial charge in [-0.2, -0.15) is 0 Å². The van der Waals surface area contributed by atoms with E-state index in [1.165, 1.54) is 12.8 Å². The zero-order chi connectivity index (χ0) is 16.2. The summed E-state index contributed by atoms with van der Waals surface area (Å²) in [6.07, 6.45) is 5.03. The molecule has 1 aromatic rings. The average molecular weight is 411 g/mol. The first kappa shape index (κ1) is 22.2. The molecule has 0 aliphatic carbocycles. The van der Waals surface area contributed by atoms with Crippen molar-refractivity contribution >= 4 is 48.0 Å². The van der Waals surface area contributed by atoms with Gasteiger partial charge in [0.15, 0.2) is 0 Å². The third kappa shape index (κ3) is 6.10. The Morgan fingerprint density at radius 2 is 1.96 bits per heavy atom. The first-order chi connectivity index (χ1) is 11.1. The predicted molar refractivity (Wildman–Crippen MR) is 107 cm³/mol. The first-order valence-electron chi connectivity index (χ1n) is 8.27. The van der Waals surface area contributed by atoms with Crippen LogP contribution in [0.4, 0.5) is 5.69 Å². The number of nitrogens with one attached hydrogen (secondary N) is 3. The van der Waals surface area contributed by atoms with E-state index >= 15 is 0 Å². The van der Waals surface area contributed by atoms with E-state index in [0.717, 1.165) is 24.3 Å². The van der Waals surface area contributed by atoms with Crippen molar-refractivity contribution in [3.8, 4) is 5.75 Å². The molecule has 0 aromatic heterocycles. The van der Waals surface area contributed by atoms with Crippen molar-refractivity contribution in [1.82, 2.24) is 10.6 Å². The quantitative estimate of drug-likeness (QED) is 0.672. The minimum Gasteiger partial charge on any atom is -0.495 e. The number of hydrogen-bond donors (Lipinski definition) is 3. The summed E-state index contributed by atoms with van der Waals surface area (Å²) < 4.78 is 5.28. The summed E-state index contributed by atoms with van der Waals surface area (Å²) in [7, 11) is 1.62. The smallest absolute Gasteiger partial charge is 0.221 e. The number of ether oxygens (including phenoxy) is 1. The summed E-state index contributed by atoms with van der Waals surface area (Å²) >= 11 is 6.00. The molecule has 2 unspecified atom stereocenters. The van der Waals surface area contributed by atoms with E-state index in [0.29, 0.717) is 36.1 Å². The van der Waals surface area contributed by atoms with E-state index in [9.17, 15) is 4.79 Å². The molecule has 1 aromatic carbocycles. The lowest BCUT2D eigenvalue weighted by molar-refractivity contribution is -0.121. The van der Waals surface area contributed by atoms with Gasteiger partial charge in [-0.05, 0) is 43.9 Å². The molecule has 0 radical (unpaired) electrons. The summed E-state index contributed by atoms with van der Waals surface area (Å²) in [6, 6.07) is 6.91. The number of fused-ring (bicyclic) bond motifs is 2. The summed E-state index contributed by atoms with van der Waals surface area (Å²) in [5.74, 6) is 0.828. The van der Waals surface area contributed by atoms with E-state index in [1.807, 2.05) is 12.1 Å². The lowest BCUT2D eigenvalue weighted by atomic mass is 10.00. The second kappa shape index (κ2) is 10.3. The molecule has 2 saturated heterocycles. The molecule has 142 valence electrons. The maximum absolute atomic E-state index is 12.1. The van der Waals surface area contributed by atoms with Crippen molar-refractivity contribution in [1.29, 1.82) is 0 Å². The fourth-order valence-electron chi connectivity index (χ4n) is 3.60. The van der Waals surface area contributed by atoms with Crippen LogP contribution in [0.2, 0.25) is 5.02 Å². The van der Waals surface area contributed by atoms with Gasteiger partial charge in [0.05, 0.1) is 12.8 Å². The van der Waals surface area contributed by atoms with E-state index in [-0.39, 0.29) is 30.7 Å². The number of rotatable bonds is 6. The Balaban J connectivity index is 0.00000156. The molecule has 2 heterocycles. The molecule has 2 atom stereocenters. The maximum atomic E-state index is 12.1. The Morgan fingerprint density at radius 1 is 1.28 bits per heavy atom. The number of benzene rings is 1. The second-order valence-corrected chi connectivity index (χ2v) is 6.83. The van der Waals surface area contributed by atoms with Gasteiger partial charge in [0.2, 0.25) is 5.91 Å². The van der Waals surface area contributed by atoms with Gasteiger partial charge in [-0.3, -0.25) is 4.79 Å². The molecular formula is C17H26Cl3N3O2. The zero-order valence-electron chi connectivity index (χ0n) is 14.2. The summed E-state index contributed by atoms with van der Waals surface area (Å²) in [4.78, 5) is 12.1. The van der Waals surface area contributed by atoms with Crippen LogP contribution in [0.25, 0.3) is 0 Å². The molecular weight excluding hydrogens is 385 g/mol. The van der Waals surface area contributed by atoms with Crippen molar-refractivity contribution in [2.75, 3.05) is 19.0 Å². The molecule has 5 nitrogen and oxygen atoms in total. The van der Waals surface area contributed by atoms with Crippen molar-refractivity contribution in [2.45, 2.75) is 50.2 Å². The Labute approximate surface area is 166 Å². The van der Waals surface area contributed by atoms with Gasteiger partial charge >= 0.3 is 0 Å². The molecule has 2 aliphatic heterocycles. The van der Waals surface area contributed by atoms with Crippen LogP contribution in [-0.4, -0.2) is 37.7 Å². The van der Waals surface area contributed by atoms with Gasteiger partial charge in [0.25, 0.3) is 0 Å². The van der Waals surface area contributed by atoms with Crippen molar-refractivity contribution in [3.63, 3.8) is 0 Å². The van der Waals surface area contributed by atoms with Crippen LogP contribution in [-0.2, 0) is 4.79 Å². The molecule has 0 spiro atoms. The lowest BCUT2D eigenvalue weighted by Gasteiger charge is -2.29. The highest BCUT2D eigenvalue weighted by atomic mass is 35.5. The monoisotopic (exact) mass is 409 g/mol. The van der Waals surface area contributed by atoms with Gasteiger partial charge in [-0.1, -0.05) is 11.6 Å². The summed E-state index contributed by atoms with van der Waals surface area (Å²) in [6.45, 7) is 0.556. The predicted octanol–water partition coefficient (Wildman–Crippen LogP) is 3.39.